The number of aliphatic hydroxyl groups excluding tert-OH is 2. The predicted molar refractivity (Wildman–Crippen MR) is 299 cm³/mol. The molecule has 7 aliphatic rings. The molecule has 6 unspecified atom stereocenters. The highest BCUT2D eigenvalue weighted by atomic mass is 31.2. The molecular formula is C61H88N4O14P+. The molecule has 80 heavy (non-hydrogen) atoms. The van der Waals surface area contributed by atoms with Crippen molar-refractivity contribution in [1.82, 2.24) is 15.5 Å². The lowest BCUT2D eigenvalue weighted by molar-refractivity contribution is -0.926. The van der Waals surface area contributed by atoms with E-state index in [-0.39, 0.29) is 47.1 Å². The number of nitrogens with zero attached hydrogens (tertiary/aromatic N) is 2. The number of likely N-dealkylation sites (N-methyl/N-ethyl adjacent to an activating group) is 1. The van der Waals surface area contributed by atoms with Crippen molar-refractivity contribution < 1.29 is 71.7 Å². The van der Waals surface area contributed by atoms with Gasteiger partial charge in [0.2, 0.25) is 0 Å². The van der Waals surface area contributed by atoms with E-state index in [1.165, 1.54) is 18.1 Å². The zero-order chi connectivity index (χ0) is 56.7. The number of rotatable bonds is 25. The third-order valence-corrected chi connectivity index (χ3v) is 19.6. The van der Waals surface area contributed by atoms with Crippen molar-refractivity contribution in [1.29, 1.82) is 0 Å². The molecule has 6 N–H and O–H groups in total. The Bertz CT molecular complexity index is 2580. The lowest BCUT2D eigenvalue weighted by atomic mass is 9.46. The number of quaternary nitrogens is 1. The van der Waals surface area contributed by atoms with Crippen LogP contribution in [-0.2, 0) is 50.9 Å². The minimum Gasteiger partial charge on any atom is -0.456 e. The summed E-state index contributed by atoms with van der Waals surface area (Å²) in [4.78, 5) is 74.9. The van der Waals surface area contributed by atoms with Gasteiger partial charge in [-0.2, -0.15) is 0 Å². The smallest absolute Gasteiger partial charge is 0.456 e. The Morgan fingerprint density at radius 3 is 2.39 bits per heavy atom. The Labute approximate surface area is 472 Å². The molecule has 2 aromatic rings. The molecule has 9 rings (SSSR count). The SMILES string of the molecule is C[C@]12C=CC(=O)C=C1CCC1C2C(O)C[C@@]2(C)C1C1O[C@@H](C3CCCCC3)O[C@@H]1[C@@H]2C(=O)COC(=O)CNC(=O)N1CC[N+](C)(Cc2cc(C(O)CNCCCCCCOCCCCc3ccccc3)ccc2OP(=O)(O)O)CC1. The summed E-state index contributed by atoms with van der Waals surface area (Å²) in [6.45, 7) is 7.63. The number of hydrogen-bond acceptors (Lipinski definition) is 13. The first-order valence-electron chi connectivity index (χ1n) is 29.7. The summed E-state index contributed by atoms with van der Waals surface area (Å²) in [7, 11) is -2.93. The molecule has 2 aromatic carbocycles. The summed E-state index contributed by atoms with van der Waals surface area (Å²) < 4.78 is 42.7. The van der Waals surface area contributed by atoms with Crippen LogP contribution >= 0.6 is 7.82 Å². The highest BCUT2D eigenvalue weighted by Crippen LogP contribution is 2.68. The van der Waals surface area contributed by atoms with Gasteiger partial charge in [-0.3, -0.25) is 24.2 Å². The summed E-state index contributed by atoms with van der Waals surface area (Å²) >= 11 is 0. The Morgan fingerprint density at radius 2 is 1.64 bits per heavy atom. The number of phosphoric ester groups is 1. The van der Waals surface area contributed by atoms with Crippen LogP contribution in [0.3, 0.4) is 0 Å². The van der Waals surface area contributed by atoms with Crippen molar-refractivity contribution >= 4 is 31.4 Å². The van der Waals surface area contributed by atoms with Gasteiger partial charge in [0.15, 0.2) is 17.9 Å². The number of aliphatic hydroxyl groups is 2. The standard InChI is InChI=1S/C61H87N4O14P/c1-60-26-25-46(66)35-45(60)22-23-47-53(60)48(67)36-61(2)54(47)56-57(78-58(77-56)42-19-10-7-11-20-42)55(61)50(69)40-76-52(70)38-63-59(71)64-28-30-65(3,31-29-64)39-44-34-43(21-24-51(44)79-80(72,73)74)49(68)37-62-27-13-4-5-14-32-75-33-15-12-18-41-16-8-6-9-17-41/h6,8-9,16-17,21,24-26,34-35,42,47-49,53-58,62,67-68H,4-5,7,10-15,18-20,22-23,27-33,36-40H2,1-3H3,(H2-,63,71,72,73,74)/p+1/t47?,48?,49?,53?,54?,55-,56?,57+,58+,60-,61-/m0/s1. The van der Waals surface area contributed by atoms with Crippen LogP contribution in [0.2, 0.25) is 0 Å². The number of hydrogen-bond donors (Lipinski definition) is 6. The van der Waals surface area contributed by atoms with Crippen molar-refractivity contribution in [2.24, 2.45) is 40.4 Å². The molecule has 0 bridgehead atoms. The average Bonchev–Trinajstić information content (AvgIpc) is 3.95. The van der Waals surface area contributed by atoms with Crippen molar-refractivity contribution in [2.75, 3.05) is 72.7 Å². The van der Waals surface area contributed by atoms with E-state index in [0.717, 1.165) is 102 Å². The van der Waals surface area contributed by atoms with E-state index < -0.39 is 74.3 Å². The number of ketones is 2. The van der Waals surface area contributed by atoms with Gasteiger partial charge < -0.3 is 53.7 Å². The summed E-state index contributed by atoms with van der Waals surface area (Å²) in [5.41, 5.74) is 2.27. The highest BCUT2D eigenvalue weighted by molar-refractivity contribution is 7.46. The van der Waals surface area contributed by atoms with Crippen molar-refractivity contribution in [3.05, 3.63) is 89.0 Å². The zero-order valence-electron chi connectivity index (χ0n) is 47.2. The number of carbonyl (C=O) groups is 4. The van der Waals surface area contributed by atoms with Crippen molar-refractivity contribution in [3.8, 4) is 5.75 Å². The number of unbranched alkanes of at least 4 members (excludes halogenated alkanes) is 4. The van der Waals surface area contributed by atoms with Crippen LogP contribution in [0.15, 0.2) is 72.3 Å². The summed E-state index contributed by atoms with van der Waals surface area (Å²) in [6.07, 6.45) is 16.7. The summed E-state index contributed by atoms with van der Waals surface area (Å²) in [6, 6.07) is 14.8. The van der Waals surface area contributed by atoms with Crippen LogP contribution in [-0.4, -0.2) is 150 Å². The molecule has 6 fully saturated rings. The lowest BCUT2D eigenvalue weighted by Crippen LogP contribution is -2.59. The normalized spacial score (nSPS) is 30.4. The number of aryl methyl sites for hydroxylation is 1. The maximum Gasteiger partial charge on any atom is 0.524 e. The van der Waals surface area contributed by atoms with E-state index in [4.69, 9.17) is 23.5 Å². The number of phosphoric acid groups is 1. The number of carbonyl (C=O) groups excluding carboxylic acids is 4. The monoisotopic (exact) mass is 1130 g/mol. The second kappa shape index (κ2) is 26.5. The number of Topliss-reactive ketones (excluding diaryl/α,β-unsaturated/α-hetero) is 1. The molecule has 440 valence electrons. The summed E-state index contributed by atoms with van der Waals surface area (Å²) in [5.74, 6) is -1.84. The molecule has 2 saturated heterocycles. The number of allylic oxidation sites excluding steroid dienone is 4. The molecule has 5 aliphatic carbocycles. The average molecular weight is 1130 g/mol. The van der Waals surface area contributed by atoms with Gasteiger partial charge in [0.1, 0.15) is 25.4 Å². The van der Waals surface area contributed by atoms with E-state index in [2.05, 4.69) is 48.7 Å². The largest absolute Gasteiger partial charge is 0.524 e. The Balaban J connectivity index is 0.723. The zero-order valence-corrected chi connectivity index (χ0v) is 48.1. The van der Waals surface area contributed by atoms with Gasteiger partial charge in [-0.1, -0.05) is 94.0 Å². The number of fused-ring (bicyclic) bond motifs is 7. The van der Waals surface area contributed by atoms with Crippen LogP contribution in [0.5, 0.6) is 5.75 Å². The topological polar surface area (TPSA) is 240 Å². The van der Waals surface area contributed by atoms with Crippen LogP contribution < -0.4 is 15.2 Å². The van der Waals surface area contributed by atoms with Crippen molar-refractivity contribution in [3.63, 3.8) is 0 Å². The highest BCUT2D eigenvalue weighted by Gasteiger charge is 2.71. The number of piperazine rings is 1. The number of esters is 1. The minimum atomic E-state index is -4.91. The third kappa shape index (κ3) is 14.3. The van der Waals surface area contributed by atoms with Gasteiger partial charge in [-0.15, -0.1) is 0 Å². The van der Waals surface area contributed by atoms with Crippen LogP contribution in [0, 0.1) is 40.4 Å². The number of nitrogens with one attached hydrogen (secondary N) is 2. The van der Waals surface area contributed by atoms with E-state index >= 15 is 0 Å². The first kappa shape index (κ1) is 60.3. The fourth-order valence-corrected chi connectivity index (χ4v) is 15.5. The number of amides is 2. The minimum absolute atomic E-state index is 0.00197. The first-order chi connectivity index (χ1) is 38.3. The fraction of sp³-hybridized carbons (Fsp3) is 0.672. The Kier molecular flexibility index (Phi) is 20.0. The van der Waals surface area contributed by atoms with E-state index in [1.807, 2.05) is 19.2 Å². The number of ether oxygens (including phenoxy) is 4. The fourth-order valence-electron chi connectivity index (χ4n) is 15.1. The second-order valence-electron chi connectivity index (χ2n) is 24.8. The molecule has 0 aromatic heterocycles. The maximum absolute atomic E-state index is 14.6. The predicted octanol–water partition coefficient (Wildman–Crippen LogP) is 7.27. The van der Waals surface area contributed by atoms with E-state index in [1.54, 1.807) is 29.2 Å². The van der Waals surface area contributed by atoms with Crippen molar-refractivity contribution in [2.45, 2.75) is 147 Å². The quantitative estimate of drug-likeness (QED) is 0.0248. The molecule has 0 radical (unpaired) electrons. The molecule has 0 spiro atoms. The van der Waals surface area contributed by atoms with Gasteiger partial charge in [0.25, 0.3) is 0 Å². The molecule has 2 amide bonds. The molecule has 2 heterocycles. The molecule has 19 heteroatoms. The maximum atomic E-state index is 14.6. The Hall–Kier alpha value is -4.33. The number of urea groups is 1. The molecular weight excluding hydrogens is 1040 g/mol. The van der Waals surface area contributed by atoms with Crippen LogP contribution in [0.4, 0.5) is 4.79 Å². The summed E-state index contributed by atoms with van der Waals surface area (Å²) in [5, 5.41) is 29.3. The van der Waals surface area contributed by atoms with Crippen LogP contribution in [0.1, 0.15) is 127 Å². The molecule has 11 atom stereocenters. The van der Waals surface area contributed by atoms with Gasteiger partial charge in [0, 0.05) is 42.6 Å². The molecule has 4 saturated carbocycles. The Morgan fingerprint density at radius 1 is 0.912 bits per heavy atom. The first-order valence-corrected chi connectivity index (χ1v) is 31.2. The van der Waals surface area contributed by atoms with E-state index in [9.17, 15) is 43.7 Å². The van der Waals surface area contributed by atoms with Crippen LogP contribution in [0.25, 0.3) is 0 Å². The molecule has 18 nitrogen and oxygen atoms in total. The number of benzene rings is 2. The van der Waals surface area contributed by atoms with Gasteiger partial charge in [-0.05, 0) is 123 Å². The molecule has 2 aliphatic heterocycles. The second-order valence-corrected chi connectivity index (χ2v) is 26.0. The van der Waals surface area contributed by atoms with Gasteiger partial charge >= 0.3 is 19.8 Å². The third-order valence-electron chi connectivity index (χ3n) is 19.2. The van der Waals surface area contributed by atoms with Gasteiger partial charge in [-0.25, -0.2) is 9.36 Å². The van der Waals surface area contributed by atoms with Gasteiger partial charge in [0.05, 0.1) is 63.6 Å². The van der Waals surface area contributed by atoms with E-state index in [0.29, 0.717) is 67.7 Å². The lowest BCUT2D eigenvalue weighted by Gasteiger charge is -2.59.